The maximum Gasteiger partial charge on any atom is 0.340 e. The number of methoxy groups -OCH3 is 1. The van der Waals surface area contributed by atoms with Gasteiger partial charge in [0, 0.05) is 12.0 Å². The molecule has 0 spiro atoms. The molecule has 0 fully saturated rings. The van der Waals surface area contributed by atoms with Crippen LogP contribution in [0.15, 0.2) is 66.7 Å². The molecule has 0 heterocycles. The van der Waals surface area contributed by atoms with E-state index in [0.717, 1.165) is 10.8 Å². The fraction of sp³-hybridized carbons (Fsp3) is 0.250. The standard InChI is InChI=1S/C24H23FO4/c1-3-29-24(27)22(25)15-21(17-10-12-20(28-2)13-11-17)23(26)19-9-8-16-6-4-5-7-18(16)14-19/h4-14,21-22H,3,15H2,1-2H3/t21?,22-/m0/s1. The minimum absolute atomic E-state index is 0.0884. The summed E-state index contributed by atoms with van der Waals surface area (Å²) >= 11 is 0. The molecule has 0 saturated heterocycles. The van der Waals surface area contributed by atoms with Crippen LogP contribution in [0, 0.1) is 0 Å². The topological polar surface area (TPSA) is 52.6 Å². The number of hydrogen-bond acceptors (Lipinski definition) is 4. The Kier molecular flexibility index (Phi) is 6.60. The Bertz CT molecular complexity index is 997. The van der Waals surface area contributed by atoms with Gasteiger partial charge in [-0.1, -0.05) is 48.5 Å². The Balaban J connectivity index is 1.95. The van der Waals surface area contributed by atoms with E-state index in [0.29, 0.717) is 16.9 Å². The third kappa shape index (κ3) is 4.80. The smallest absolute Gasteiger partial charge is 0.340 e. The van der Waals surface area contributed by atoms with E-state index in [9.17, 15) is 14.0 Å². The summed E-state index contributed by atoms with van der Waals surface area (Å²) < 4.78 is 24.5. The van der Waals surface area contributed by atoms with E-state index in [1.807, 2.05) is 30.3 Å². The van der Waals surface area contributed by atoms with Gasteiger partial charge in [-0.05, 0) is 41.5 Å². The molecule has 3 aromatic carbocycles. The second kappa shape index (κ2) is 9.32. The Labute approximate surface area is 169 Å². The first-order chi connectivity index (χ1) is 14.0. The number of benzene rings is 3. The highest BCUT2D eigenvalue weighted by atomic mass is 19.1. The van der Waals surface area contributed by atoms with E-state index < -0.39 is 18.1 Å². The maximum atomic E-state index is 14.5. The summed E-state index contributed by atoms with van der Waals surface area (Å²) in [7, 11) is 1.55. The van der Waals surface area contributed by atoms with Gasteiger partial charge < -0.3 is 9.47 Å². The molecule has 150 valence electrons. The molecule has 2 atom stereocenters. The molecular weight excluding hydrogens is 371 g/mol. The summed E-state index contributed by atoms with van der Waals surface area (Å²) in [6.45, 7) is 1.71. The van der Waals surface area contributed by atoms with E-state index in [4.69, 9.17) is 9.47 Å². The predicted octanol–water partition coefficient (Wildman–Crippen LogP) is 5.11. The highest BCUT2D eigenvalue weighted by molar-refractivity contribution is 6.04. The normalized spacial score (nSPS) is 12.9. The number of alkyl halides is 1. The molecule has 0 saturated carbocycles. The molecule has 3 rings (SSSR count). The van der Waals surface area contributed by atoms with Gasteiger partial charge >= 0.3 is 5.97 Å². The van der Waals surface area contributed by atoms with Gasteiger partial charge in [0.2, 0.25) is 0 Å². The lowest BCUT2D eigenvalue weighted by atomic mass is 9.86. The quantitative estimate of drug-likeness (QED) is 0.394. The van der Waals surface area contributed by atoms with Gasteiger partial charge in [-0.15, -0.1) is 0 Å². The number of ether oxygens (including phenoxy) is 2. The highest BCUT2D eigenvalue weighted by Crippen LogP contribution is 2.30. The molecule has 0 aliphatic heterocycles. The van der Waals surface area contributed by atoms with Crippen molar-refractivity contribution in [3.63, 3.8) is 0 Å². The second-order valence-electron chi connectivity index (χ2n) is 6.71. The van der Waals surface area contributed by atoms with E-state index in [-0.39, 0.29) is 18.8 Å². The van der Waals surface area contributed by atoms with Crippen LogP contribution in [0.2, 0.25) is 0 Å². The Morgan fingerprint density at radius 1 is 0.966 bits per heavy atom. The molecule has 0 amide bonds. The van der Waals surface area contributed by atoms with Gasteiger partial charge in [-0.25, -0.2) is 9.18 Å². The maximum absolute atomic E-state index is 14.5. The second-order valence-corrected chi connectivity index (χ2v) is 6.71. The van der Waals surface area contributed by atoms with E-state index in [1.165, 1.54) is 0 Å². The molecule has 0 radical (unpaired) electrons. The average Bonchev–Trinajstić information content (AvgIpc) is 2.76. The van der Waals surface area contributed by atoms with E-state index >= 15 is 0 Å². The van der Waals surface area contributed by atoms with Gasteiger partial charge in [0.05, 0.1) is 19.6 Å². The first kappa shape index (κ1) is 20.5. The third-order valence-corrected chi connectivity index (χ3v) is 4.85. The van der Waals surface area contributed by atoms with Crippen molar-refractivity contribution in [2.24, 2.45) is 0 Å². The Morgan fingerprint density at radius 3 is 2.31 bits per heavy atom. The summed E-state index contributed by atoms with van der Waals surface area (Å²) in [5.74, 6) is -1.38. The molecule has 0 aliphatic carbocycles. The molecule has 0 N–H and O–H groups in total. The van der Waals surface area contributed by atoms with Crippen LogP contribution in [0.25, 0.3) is 10.8 Å². The Morgan fingerprint density at radius 2 is 1.66 bits per heavy atom. The van der Waals surface area contributed by atoms with Crippen molar-refractivity contribution in [2.45, 2.75) is 25.4 Å². The van der Waals surface area contributed by atoms with Crippen molar-refractivity contribution in [2.75, 3.05) is 13.7 Å². The van der Waals surface area contributed by atoms with Crippen LogP contribution in [0.4, 0.5) is 4.39 Å². The molecule has 0 bridgehead atoms. The molecule has 4 nitrogen and oxygen atoms in total. The lowest BCUT2D eigenvalue weighted by molar-refractivity contribution is -0.149. The number of Topliss-reactive ketones (excluding diaryl/α,β-unsaturated/α-hetero) is 1. The fourth-order valence-electron chi connectivity index (χ4n) is 3.31. The molecule has 29 heavy (non-hydrogen) atoms. The number of carbonyl (C=O) groups is 2. The SMILES string of the molecule is CCOC(=O)[C@@H](F)CC(C(=O)c1ccc2ccccc2c1)c1ccc(OC)cc1. The summed E-state index contributed by atoms with van der Waals surface area (Å²) in [6.07, 6.45) is -2.16. The highest BCUT2D eigenvalue weighted by Gasteiger charge is 2.30. The van der Waals surface area contributed by atoms with Crippen LogP contribution in [-0.2, 0) is 9.53 Å². The van der Waals surface area contributed by atoms with Crippen LogP contribution in [0.5, 0.6) is 5.75 Å². The number of esters is 1. The third-order valence-electron chi connectivity index (χ3n) is 4.85. The zero-order valence-electron chi connectivity index (χ0n) is 16.4. The van der Waals surface area contributed by atoms with Crippen LogP contribution < -0.4 is 4.74 Å². The van der Waals surface area contributed by atoms with Crippen molar-refractivity contribution < 1.29 is 23.5 Å². The summed E-state index contributed by atoms with van der Waals surface area (Å²) in [4.78, 5) is 25.1. The van der Waals surface area contributed by atoms with Crippen molar-refractivity contribution in [1.29, 1.82) is 0 Å². The van der Waals surface area contributed by atoms with Gasteiger partial charge in [0.25, 0.3) is 0 Å². The molecule has 0 aromatic heterocycles. The number of carbonyl (C=O) groups excluding carboxylic acids is 2. The minimum atomic E-state index is -1.88. The number of rotatable bonds is 8. The molecule has 0 aliphatic rings. The van der Waals surface area contributed by atoms with Crippen LogP contribution in [0.1, 0.15) is 35.2 Å². The molecule has 3 aromatic rings. The predicted molar refractivity (Wildman–Crippen MR) is 110 cm³/mol. The van der Waals surface area contributed by atoms with Crippen molar-refractivity contribution >= 4 is 22.5 Å². The fourth-order valence-corrected chi connectivity index (χ4v) is 3.31. The molecule has 5 heteroatoms. The minimum Gasteiger partial charge on any atom is -0.497 e. The van der Waals surface area contributed by atoms with Crippen molar-refractivity contribution in [3.8, 4) is 5.75 Å². The lowest BCUT2D eigenvalue weighted by Crippen LogP contribution is -2.25. The van der Waals surface area contributed by atoms with Gasteiger partial charge in [-0.3, -0.25) is 4.79 Å². The van der Waals surface area contributed by atoms with Gasteiger partial charge in [-0.2, -0.15) is 0 Å². The average molecular weight is 394 g/mol. The van der Waals surface area contributed by atoms with Crippen LogP contribution in [0.3, 0.4) is 0 Å². The molecule has 1 unspecified atom stereocenters. The van der Waals surface area contributed by atoms with E-state index in [1.54, 1.807) is 50.4 Å². The summed E-state index contributed by atoms with van der Waals surface area (Å²) in [5.41, 5.74) is 1.09. The zero-order chi connectivity index (χ0) is 20.8. The lowest BCUT2D eigenvalue weighted by Gasteiger charge is -2.19. The van der Waals surface area contributed by atoms with Crippen molar-refractivity contribution in [1.82, 2.24) is 0 Å². The summed E-state index contributed by atoms with van der Waals surface area (Å²) in [6, 6.07) is 20.0. The Hall–Kier alpha value is -3.21. The van der Waals surface area contributed by atoms with Crippen LogP contribution in [-0.4, -0.2) is 31.6 Å². The number of fused-ring (bicyclic) bond motifs is 1. The van der Waals surface area contributed by atoms with Crippen molar-refractivity contribution in [3.05, 3.63) is 77.9 Å². The monoisotopic (exact) mass is 394 g/mol. The van der Waals surface area contributed by atoms with Gasteiger partial charge in [0.1, 0.15) is 5.75 Å². The number of hydrogen-bond donors (Lipinski definition) is 0. The van der Waals surface area contributed by atoms with Gasteiger partial charge in [0.15, 0.2) is 12.0 Å². The first-order valence-corrected chi connectivity index (χ1v) is 9.51. The number of halogens is 1. The van der Waals surface area contributed by atoms with E-state index in [2.05, 4.69) is 0 Å². The first-order valence-electron chi connectivity index (χ1n) is 9.51. The summed E-state index contributed by atoms with van der Waals surface area (Å²) in [5, 5.41) is 1.94. The largest absolute Gasteiger partial charge is 0.497 e. The van der Waals surface area contributed by atoms with Crippen LogP contribution >= 0.6 is 0 Å². The number of ketones is 1. The zero-order valence-corrected chi connectivity index (χ0v) is 16.4. The molecular formula is C24H23FO4.